The summed E-state index contributed by atoms with van der Waals surface area (Å²) in [6.07, 6.45) is 3.15. The number of benzene rings is 1. The molecule has 2 fully saturated rings. The van der Waals surface area contributed by atoms with Gasteiger partial charge in [0.1, 0.15) is 6.17 Å². The van der Waals surface area contributed by atoms with Crippen LogP contribution >= 0.6 is 0 Å². The number of nitrogens with zero attached hydrogens (tertiary/aromatic N) is 1. The van der Waals surface area contributed by atoms with Gasteiger partial charge in [-0.2, -0.15) is 0 Å². The fraction of sp³-hybridized carbons (Fsp3) is 0.588. The summed E-state index contributed by atoms with van der Waals surface area (Å²) in [5, 5.41) is 13.1. The minimum atomic E-state index is -0.192. The van der Waals surface area contributed by atoms with Crippen molar-refractivity contribution in [2.24, 2.45) is 0 Å². The molecule has 0 radical (unpaired) electrons. The second kappa shape index (κ2) is 5.78. The van der Waals surface area contributed by atoms with Crippen LogP contribution in [-0.2, 0) is 4.79 Å². The Bertz CT molecular complexity index is 506. The van der Waals surface area contributed by atoms with E-state index < -0.39 is 0 Å². The molecule has 1 aromatic rings. The summed E-state index contributed by atoms with van der Waals surface area (Å²) in [5.74, 6) is 0.182. The van der Waals surface area contributed by atoms with Crippen molar-refractivity contribution in [3.8, 4) is 0 Å². The van der Waals surface area contributed by atoms with E-state index in [2.05, 4.69) is 36.5 Å². The average Bonchev–Trinajstić information content (AvgIpc) is 2.77. The molecule has 4 nitrogen and oxygen atoms in total. The minimum absolute atomic E-state index is 0.0339. The topological polar surface area (TPSA) is 52.6 Å². The Morgan fingerprint density at radius 2 is 1.76 bits per heavy atom. The van der Waals surface area contributed by atoms with E-state index in [-0.39, 0.29) is 30.3 Å². The van der Waals surface area contributed by atoms with E-state index in [1.54, 1.807) is 0 Å². The fourth-order valence-corrected chi connectivity index (χ4v) is 3.47. The Balaban J connectivity index is 1.84. The molecule has 3 rings (SSSR count). The zero-order chi connectivity index (χ0) is 15.0. The van der Waals surface area contributed by atoms with Crippen LogP contribution in [0, 0.1) is 6.92 Å². The summed E-state index contributed by atoms with van der Waals surface area (Å²) >= 11 is 0. The molecule has 1 aliphatic carbocycles. The van der Waals surface area contributed by atoms with Crippen molar-refractivity contribution >= 4 is 5.91 Å². The molecule has 1 saturated carbocycles. The Morgan fingerprint density at radius 1 is 1.14 bits per heavy atom. The molecule has 1 amide bonds. The van der Waals surface area contributed by atoms with Crippen molar-refractivity contribution in [2.45, 2.75) is 63.9 Å². The molecule has 1 aliphatic heterocycles. The van der Waals surface area contributed by atoms with Crippen molar-refractivity contribution in [3.63, 3.8) is 0 Å². The van der Waals surface area contributed by atoms with Gasteiger partial charge in [-0.3, -0.25) is 10.1 Å². The highest BCUT2D eigenvalue weighted by atomic mass is 16.3. The fourth-order valence-electron chi connectivity index (χ4n) is 3.47. The number of aliphatic hydroxyl groups excluding tert-OH is 1. The molecule has 1 aromatic carbocycles. The van der Waals surface area contributed by atoms with Gasteiger partial charge in [0.15, 0.2) is 0 Å². The molecule has 0 aromatic heterocycles. The van der Waals surface area contributed by atoms with Crippen LogP contribution in [0.1, 0.15) is 49.9 Å². The quantitative estimate of drug-likeness (QED) is 0.876. The van der Waals surface area contributed by atoms with E-state index in [1.807, 2.05) is 11.8 Å². The lowest BCUT2D eigenvalue weighted by atomic mass is 9.91. The van der Waals surface area contributed by atoms with Gasteiger partial charge >= 0.3 is 0 Å². The molecule has 0 spiro atoms. The van der Waals surface area contributed by atoms with E-state index in [0.717, 1.165) is 31.2 Å². The van der Waals surface area contributed by atoms with Crippen LogP contribution in [0.4, 0.5) is 0 Å². The van der Waals surface area contributed by atoms with E-state index in [9.17, 15) is 9.90 Å². The maximum Gasteiger partial charge on any atom is 0.241 e. The number of hydrogen-bond donors (Lipinski definition) is 2. The van der Waals surface area contributed by atoms with Crippen molar-refractivity contribution in [1.29, 1.82) is 0 Å². The molecular weight excluding hydrogens is 264 g/mol. The smallest absolute Gasteiger partial charge is 0.241 e. The largest absolute Gasteiger partial charge is 0.393 e. The molecule has 2 atom stereocenters. The molecule has 0 bridgehead atoms. The van der Waals surface area contributed by atoms with Gasteiger partial charge in [0, 0.05) is 6.04 Å². The number of aryl methyl sites for hydroxylation is 1. The number of nitrogens with one attached hydrogen (secondary N) is 1. The Labute approximate surface area is 126 Å². The van der Waals surface area contributed by atoms with Gasteiger partial charge in [-0.15, -0.1) is 0 Å². The molecule has 114 valence electrons. The normalized spacial score (nSPS) is 33.5. The van der Waals surface area contributed by atoms with Crippen LogP contribution in [0.3, 0.4) is 0 Å². The molecule has 2 unspecified atom stereocenters. The second-order valence-corrected chi connectivity index (χ2v) is 6.41. The Kier molecular flexibility index (Phi) is 4.00. The second-order valence-electron chi connectivity index (χ2n) is 6.41. The van der Waals surface area contributed by atoms with Gasteiger partial charge in [0.2, 0.25) is 5.91 Å². The predicted octanol–water partition coefficient (Wildman–Crippen LogP) is 2.12. The third-order valence-corrected chi connectivity index (χ3v) is 4.76. The van der Waals surface area contributed by atoms with Crippen molar-refractivity contribution in [2.75, 3.05) is 0 Å². The number of rotatable bonds is 2. The van der Waals surface area contributed by atoms with Gasteiger partial charge in [0.25, 0.3) is 0 Å². The highest BCUT2D eigenvalue weighted by Gasteiger charge is 2.41. The maximum absolute atomic E-state index is 12.5. The first kappa shape index (κ1) is 14.5. The lowest BCUT2D eigenvalue weighted by molar-refractivity contribution is -0.133. The lowest BCUT2D eigenvalue weighted by Gasteiger charge is -2.36. The minimum Gasteiger partial charge on any atom is -0.393 e. The summed E-state index contributed by atoms with van der Waals surface area (Å²) in [5.41, 5.74) is 2.37. The van der Waals surface area contributed by atoms with Gasteiger partial charge in [-0.1, -0.05) is 29.8 Å². The zero-order valence-electron chi connectivity index (χ0n) is 12.7. The van der Waals surface area contributed by atoms with Crippen LogP contribution in [0.5, 0.6) is 0 Å². The molecule has 2 N–H and O–H groups in total. The highest BCUT2D eigenvalue weighted by Crippen LogP contribution is 2.33. The first-order chi connectivity index (χ1) is 10.1. The van der Waals surface area contributed by atoms with E-state index >= 15 is 0 Å². The number of carbonyl (C=O) groups excluding carboxylic acids is 1. The van der Waals surface area contributed by atoms with Crippen LogP contribution < -0.4 is 5.32 Å². The molecule has 4 heteroatoms. The number of aliphatic hydroxyl groups is 1. The number of hydrogen-bond acceptors (Lipinski definition) is 3. The van der Waals surface area contributed by atoms with Crippen LogP contribution in [-0.4, -0.2) is 34.1 Å². The van der Waals surface area contributed by atoms with Crippen LogP contribution in [0.15, 0.2) is 24.3 Å². The SMILES string of the molecule is Cc1ccc(C2NC(C)C(=O)N2C2CCC(O)CC2)cc1. The zero-order valence-corrected chi connectivity index (χ0v) is 12.7. The first-order valence-corrected chi connectivity index (χ1v) is 7.89. The monoisotopic (exact) mass is 288 g/mol. The van der Waals surface area contributed by atoms with E-state index in [0.29, 0.717) is 0 Å². The Hall–Kier alpha value is -1.39. The third kappa shape index (κ3) is 2.83. The molecule has 1 saturated heterocycles. The summed E-state index contributed by atoms with van der Waals surface area (Å²) in [6.45, 7) is 4.00. The molecule has 2 aliphatic rings. The van der Waals surface area contributed by atoms with E-state index in [1.165, 1.54) is 5.56 Å². The molecule has 1 heterocycles. The highest BCUT2D eigenvalue weighted by molar-refractivity contribution is 5.84. The van der Waals surface area contributed by atoms with Crippen molar-refractivity contribution in [3.05, 3.63) is 35.4 Å². The van der Waals surface area contributed by atoms with E-state index in [4.69, 9.17) is 0 Å². The number of carbonyl (C=O) groups is 1. The summed E-state index contributed by atoms with van der Waals surface area (Å²) < 4.78 is 0. The molecular formula is C17H24N2O2. The van der Waals surface area contributed by atoms with Crippen molar-refractivity contribution < 1.29 is 9.90 Å². The first-order valence-electron chi connectivity index (χ1n) is 7.89. The van der Waals surface area contributed by atoms with Gasteiger partial charge in [-0.25, -0.2) is 0 Å². The number of amides is 1. The predicted molar refractivity (Wildman–Crippen MR) is 81.6 cm³/mol. The average molecular weight is 288 g/mol. The standard InChI is InChI=1S/C17H24N2O2/c1-11-3-5-13(6-4-11)16-18-12(2)17(21)19(16)14-7-9-15(20)10-8-14/h3-6,12,14-16,18,20H,7-10H2,1-2H3. The van der Waals surface area contributed by atoms with Gasteiger partial charge in [0.05, 0.1) is 12.1 Å². The lowest BCUT2D eigenvalue weighted by Crippen LogP contribution is -2.42. The summed E-state index contributed by atoms with van der Waals surface area (Å²) in [6, 6.07) is 8.49. The molecule has 21 heavy (non-hydrogen) atoms. The summed E-state index contributed by atoms with van der Waals surface area (Å²) in [7, 11) is 0. The summed E-state index contributed by atoms with van der Waals surface area (Å²) in [4.78, 5) is 14.6. The Morgan fingerprint density at radius 3 is 2.38 bits per heavy atom. The van der Waals surface area contributed by atoms with Gasteiger partial charge in [-0.05, 0) is 45.1 Å². The van der Waals surface area contributed by atoms with Crippen LogP contribution in [0.25, 0.3) is 0 Å². The van der Waals surface area contributed by atoms with Gasteiger partial charge < -0.3 is 10.0 Å². The van der Waals surface area contributed by atoms with Crippen LogP contribution in [0.2, 0.25) is 0 Å². The maximum atomic E-state index is 12.5. The van der Waals surface area contributed by atoms with Crippen molar-refractivity contribution in [1.82, 2.24) is 10.2 Å². The third-order valence-electron chi connectivity index (χ3n) is 4.76.